The molecule has 3 N–H and O–H groups in total. The molecule has 0 aromatic heterocycles. The fraction of sp³-hybridized carbons (Fsp3) is 0.235. The van der Waals surface area contributed by atoms with Crippen molar-refractivity contribution in [1.29, 1.82) is 0 Å². The van der Waals surface area contributed by atoms with Crippen molar-refractivity contribution in [2.45, 2.75) is 20.0 Å². The summed E-state index contributed by atoms with van der Waals surface area (Å²) in [7, 11) is 0. The number of urea groups is 1. The van der Waals surface area contributed by atoms with Crippen LogP contribution in [-0.2, 0) is 0 Å². The zero-order valence-electron chi connectivity index (χ0n) is 12.6. The number of aliphatic hydroxyl groups excluding tert-OH is 1. The van der Waals surface area contributed by atoms with E-state index < -0.39 is 6.10 Å². The first kappa shape index (κ1) is 16.3. The molecule has 2 aromatic rings. The van der Waals surface area contributed by atoms with Crippen molar-refractivity contribution in [3.05, 3.63) is 64.2 Å². The van der Waals surface area contributed by atoms with Crippen LogP contribution in [0.25, 0.3) is 0 Å². The maximum atomic E-state index is 11.9. The second-order valence-electron chi connectivity index (χ2n) is 5.22. The van der Waals surface area contributed by atoms with Gasteiger partial charge in [-0.05, 0) is 48.7 Å². The number of rotatable bonds is 4. The van der Waals surface area contributed by atoms with E-state index in [1.807, 2.05) is 32.0 Å². The van der Waals surface area contributed by atoms with Crippen molar-refractivity contribution < 1.29 is 9.90 Å². The lowest BCUT2D eigenvalue weighted by atomic mass is 10.1. The molecule has 5 heteroatoms. The number of nitrogens with one attached hydrogen (secondary N) is 2. The molecule has 2 rings (SSSR count). The maximum Gasteiger partial charge on any atom is 0.319 e. The molecule has 0 aliphatic heterocycles. The van der Waals surface area contributed by atoms with E-state index in [1.54, 1.807) is 24.3 Å². The Kier molecular flexibility index (Phi) is 5.41. The van der Waals surface area contributed by atoms with Crippen molar-refractivity contribution in [3.63, 3.8) is 0 Å². The van der Waals surface area contributed by atoms with Crippen LogP contribution in [0.1, 0.15) is 22.8 Å². The van der Waals surface area contributed by atoms with E-state index in [4.69, 9.17) is 11.6 Å². The van der Waals surface area contributed by atoms with Gasteiger partial charge >= 0.3 is 6.03 Å². The topological polar surface area (TPSA) is 61.4 Å². The van der Waals surface area contributed by atoms with E-state index in [9.17, 15) is 9.90 Å². The predicted molar refractivity (Wildman–Crippen MR) is 89.3 cm³/mol. The van der Waals surface area contributed by atoms with Gasteiger partial charge in [0.05, 0.1) is 6.10 Å². The van der Waals surface area contributed by atoms with Gasteiger partial charge in [-0.3, -0.25) is 0 Å². The van der Waals surface area contributed by atoms with Gasteiger partial charge < -0.3 is 15.7 Å². The second kappa shape index (κ2) is 7.29. The Morgan fingerprint density at radius 1 is 1.23 bits per heavy atom. The number of benzene rings is 2. The van der Waals surface area contributed by atoms with Crippen LogP contribution in [0.2, 0.25) is 5.02 Å². The van der Waals surface area contributed by atoms with E-state index in [2.05, 4.69) is 10.6 Å². The number of hydrogen-bond donors (Lipinski definition) is 3. The third kappa shape index (κ3) is 4.48. The summed E-state index contributed by atoms with van der Waals surface area (Å²) in [5, 5.41) is 16.0. The number of amides is 2. The average molecular weight is 319 g/mol. The second-order valence-corrected chi connectivity index (χ2v) is 5.66. The fourth-order valence-electron chi connectivity index (χ4n) is 2.06. The summed E-state index contributed by atoms with van der Waals surface area (Å²) < 4.78 is 0. The highest BCUT2D eigenvalue weighted by Crippen LogP contribution is 2.18. The molecular weight excluding hydrogens is 300 g/mol. The standard InChI is InChI=1S/C17H19ClN2O2/c1-11-6-7-12(2)15(8-11)20-17(22)19-10-16(21)13-4-3-5-14(18)9-13/h3-9,16,21H,10H2,1-2H3,(H2,19,20,22)/t16-/m1/s1. The molecule has 0 fully saturated rings. The van der Waals surface area contributed by atoms with Gasteiger partial charge in [-0.25, -0.2) is 4.79 Å². The van der Waals surface area contributed by atoms with Crippen LogP contribution in [0.4, 0.5) is 10.5 Å². The molecule has 4 nitrogen and oxygen atoms in total. The number of anilines is 1. The van der Waals surface area contributed by atoms with E-state index in [0.29, 0.717) is 10.6 Å². The summed E-state index contributed by atoms with van der Waals surface area (Å²) in [5.41, 5.74) is 3.48. The third-order valence-electron chi connectivity index (χ3n) is 3.33. The highest BCUT2D eigenvalue weighted by molar-refractivity contribution is 6.30. The minimum atomic E-state index is -0.803. The van der Waals surface area contributed by atoms with Gasteiger partial charge in [0, 0.05) is 17.3 Å². The molecule has 2 aromatic carbocycles. The number of aryl methyl sites for hydroxylation is 2. The summed E-state index contributed by atoms with van der Waals surface area (Å²) in [4.78, 5) is 11.9. The molecular formula is C17H19ClN2O2. The lowest BCUT2D eigenvalue weighted by Gasteiger charge is -2.14. The molecule has 0 heterocycles. The molecule has 0 saturated carbocycles. The molecule has 0 aliphatic carbocycles. The minimum Gasteiger partial charge on any atom is -0.387 e. The lowest BCUT2D eigenvalue weighted by molar-refractivity contribution is 0.175. The van der Waals surface area contributed by atoms with Crippen LogP contribution < -0.4 is 10.6 Å². The van der Waals surface area contributed by atoms with Gasteiger partial charge in [-0.2, -0.15) is 0 Å². The lowest BCUT2D eigenvalue weighted by Crippen LogP contribution is -2.32. The first-order valence-electron chi connectivity index (χ1n) is 7.01. The predicted octanol–water partition coefficient (Wildman–Crippen LogP) is 3.81. The third-order valence-corrected chi connectivity index (χ3v) is 3.57. The molecule has 1 atom stereocenters. The molecule has 0 radical (unpaired) electrons. The Bertz CT molecular complexity index is 673. The van der Waals surface area contributed by atoms with E-state index in [1.165, 1.54) is 0 Å². The summed E-state index contributed by atoms with van der Waals surface area (Å²) in [5.74, 6) is 0. The highest BCUT2D eigenvalue weighted by Gasteiger charge is 2.10. The number of hydrogen-bond acceptors (Lipinski definition) is 2. The molecule has 0 unspecified atom stereocenters. The summed E-state index contributed by atoms with van der Waals surface area (Å²) >= 11 is 5.88. The maximum absolute atomic E-state index is 11.9. The van der Waals surface area contributed by atoms with E-state index >= 15 is 0 Å². The first-order chi connectivity index (χ1) is 10.5. The monoisotopic (exact) mass is 318 g/mol. The summed E-state index contributed by atoms with van der Waals surface area (Å²) in [6.45, 7) is 4.00. The van der Waals surface area contributed by atoms with Gasteiger partial charge in [-0.15, -0.1) is 0 Å². The van der Waals surface area contributed by atoms with Gasteiger partial charge in [0.2, 0.25) is 0 Å². The summed E-state index contributed by atoms with van der Waals surface area (Å²) in [6, 6.07) is 12.4. The van der Waals surface area contributed by atoms with Crippen LogP contribution in [0.5, 0.6) is 0 Å². The average Bonchev–Trinajstić information content (AvgIpc) is 2.48. The van der Waals surface area contributed by atoms with Crippen LogP contribution in [0, 0.1) is 13.8 Å². The smallest absolute Gasteiger partial charge is 0.319 e. The highest BCUT2D eigenvalue weighted by atomic mass is 35.5. The van der Waals surface area contributed by atoms with Crippen LogP contribution in [0.3, 0.4) is 0 Å². The van der Waals surface area contributed by atoms with Crippen molar-refractivity contribution >= 4 is 23.3 Å². The number of carbonyl (C=O) groups is 1. The Balaban J connectivity index is 1.91. The Morgan fingerprint density at radius 3 is 2.73 bits per heavy atom. The molecule has 2 amide bonds. The first-order valence-corrected chi connectivity index (χ1v) is 7.39. The number of carbonyl (C=O) groups excluding carboxylic acids is 1. The fourth-order valence-corrected chi connectivity index (χ4v) is 2.26. The zero-order chi connectivity index (χ0) is 16.1. The number of halogens is 1. The molecule has 0 saturated heterocycles. The van der Waals surface area contributed by atoms with Gasteiger partial charge in [0.15, 0.2) is 0 Å². The van der Waals surface area contributed by atoms with Gasteiger partial charge in [-0.1, -0.05) is 35.9 Å². The van der Waals surface area contributed by atoms with Crippen LogP contribution in [0.15, 0.2) is 42.5 Å². The van der Waals surface area contributed by atoms with E-state index in [-0.39, 0.29) is 12.6 Å². The van der Waals surface area contributed by atoms with Crippen molar-refractivity contribution in [3.8, 4) is 0 Å². The van der Waals surface area contributed by atoms with Crippen LogP contribution in [-0.4, -0.2) is 17.7 Å². The van der Waals surface area contributed by atoms with E-state index in [0.717, 1.165) is 16.8 Å². The Morgan fingerprint density at radius 2 is 2.00 bits per heavy atom. The van der Waals surface area contributed by atoms with Crippen molar-refractivity contribution in [1.82, 2.24) is 5.32 Å². The molecule has 0 aliphatic rings. The largest absolute Gasteiger partial charge is 0.387 e. The Labute approximate surface area is 135 Å². The quantitative estimate of drug-likeness (QED) is 0.802. The summed E-state index contributed by atoms with van der Waals surface area (Å²) in [6.07, 6.45) is -0.803. The van der Waals surface area contributed by atoms with Gasteiger partial charge in [0.25, 0.3) is 0 Å². The van der Waals surface area contributed by atoms with Gasteiger partial charge in [0.1, 0.15) is 0 Å². The normalized spacial score (nSPS) is 11.8. The van der Waals surface area contributed by atoms with Crippen molar-refractivity contribution in [2.75, 3.05) is 11.9 Å². The molecule has 0 bridgehead atoms. The minimum absolute atomic E-state index is 0.108. The Hall–Kier alpha value is -2.04. The molecule has 22 heavy (non-hydrogen) atoms. The SMILES string of the molecule is Cc1ccc(C)c(NC(=O)NC[C@@H](O)c2cccc(Cl)c2)c1. The number of aliphatic hydroxyl groups is 1. The zero-order valence-corrected chi connectivity index (χ0v) is 13.3. The van der Waals surface area contributed by atoms with Crippen LogP contribution >= 0.6 is 11.6 Å². The molecule has 116 valence electrons. The molecule has 0 spiro atoms. The van der Waals surface area contributed by atoms with Crippen molar-refractivity contribution in [2.24, 2.45) is 0 Å².